The van der Waals surface area contributed by atoms with Crippen molar-refractivity contribution in [2.45, 2.75) is 64.6 Å². The Hall–Kier alpha value is -3.99. The second-order valence-corrected chi connectivity index (χ2v) is 13.6. The summed E-state index contributed by atoms with van der Waals surface area (Å²) in [6, 6.07) is 9.94. The maximum atomic E-state index is 15.0. The van der Waals surface area contributed by atoms with Gasteiger partial charge in [0.1, 0.15) is 17.5 Å². The van der Waals surface area contributed by atoms with Gasteiger partial charge in [-0.25, -0.2) is 9.18 Å². The molecule has 0 aliphatic carbocycles. The molecule has 10 nitrogen and oxygen atoms in total. The predicted molar refractivity (Wildman–Crippen MR) is 168 cm³/mol. The van der Waals surface area contributed by atoms with E-state index in [2.05, 4.69) is 26.1 Å². The lowest BCUT2D eigenvalue weighted by Crippen LogP contribution is -2.52. The maximum Gasteiger partial charge on any atom is 0.338 e. The lowest BCUT2D eigenvalue weighted by atomic mass is 9.95. The normalized spacial score (nSPS) is 21.6. The molecule has 3 fully saturated rings. The molecule has 1 atom stereocenters. The Kier molecular flexibility index (Phi) is 8.56. The summed E-state index contributed by atoms with van der Waals surface area (Å²) >= 11 is 0. The van der Waals surface area contributed by atoms with Gasteiger partial charge < -0.3 is 19.4 Å². The number of fused-ring (bicyclic) bond motifs is 1. The van der Waals surface area contributed by atoms with Gasteiger partial charge in [0.2, 0.25) is 11.8 Å². The van der Waals surface area contributed by atoms with Crippen LogP contribution in [0.15, 0.2) is 36.4 Å². The molecule has 0 spiro atoms. The van der Waals surface area contributed by atoms with Crippen LogP contribution in [-0.4, -0.2) is 90.9 Å². The van der Waals surface area contributed by atoms with Crippen LogP contribution < -0.4 is 15.1 Å². The number of rotatable bonds is 6. The van der Waals surface area contributed by atoms with E-state index in [0.717, 1.165) is 69.9 Å². The zero-order valence-corrected chi connectivity index (χ0v) is 26.3. The van der Waals surface area contributed by atoms with Gasteiger partial charge in [0, 0.05) is 70.0 Å². The van der Waals surface area contributed by atoms with E-state index < -0.39 is 29.3 Å². The minimum absolute atomic E-state index is 0.150. The highest BCUT2D eigenvalue weighted by Gasteiger charge is 2.39. The van der Waals surface area contributed by atoms with Gasteiger partial charge in [-0.2, -0.15) is 0 Å². The smallest absolute Gasteiger partial charge is 0.338 e. The highest BCUT2D eigenvalue weighted by Crippen LogP contribution is 2.32. The Morgan fingerprint density at radius 1 is 0.933 bits per heavy atom. The van der Waals surface area contributed by atoms with Crippen molar-refractivity contribution in [3.8, 4) is 0 Å². The molecule has 0 saturated carbocycles. The van der Waals surface area contributed by atoms with Crippen LogP contribution in [0.25, 0.3) is 0 Å². The fourth-order valence-electron chi connectivity index (χ4n) is 6.90. The van der Waals surface area contributed by atoms with Crippen molar-refractivity contribution in [1.29, 1.82) is 0 Å². The van der Waals surface area contributed by atoms with Crippen LogP contribution in [0.5, 0.6) is 0 Å². The molecule has 3 amide bonds. The number of imide groups is 1. The molecular weight excluding hydrogens is 577 g/mol. The molecule has 3 saturated heterocycles. The number of nitrogens with zero attached hydrogens (tertiary/aromatic N) is 4. The Morgan fingerprint density at radius 3 is 2.33 bits per heavy atom. The van der Waals surface area contributed by atoms with E-state index in [4.69, 9.17) is 4.74 Å². The summed E-state index contributed by atoms with van der Waals surface area (Å²) in [5.74, 6) is -1.20. The third-order valence-corrected chi connectivity index (χ3v) is 9.30. The lowest BCUT2D eigenvalue weighted by Gasteiger charge is -2.40. The first-order valence-corrected chi connectivity index (χ1v) is 16.0. The number of nitrogens with one attached hydrogen (secondary N) is 1. The number of hydrogen-bond acceptors (Lipinski definition) is 8. The first-order chi connectivity index (χ1) is 21.4. The summed E-state index contributed by atoms with van der Waals surface area (Å²) in [5.41, 5.74) is 2.76. The van der Waals surface area contributed by atoms with Crippen LogP contribution in [-0.2, 0) is 20.9 Å². The molecule has 4 heterocycles. The van der Waals surface area contributed by atoms with Crippen LogP contribution in [0.1, 0.15) is 72.7 Å². The Morgan fingerprint density at radius 2 is 1.67 bits per heavy atom. The average molecular weight is 620 g/mol. The van der Waals surface area contributed by atoms with E-state index in [1.54, 1.807) is 37.8 Å². The number of carbonyl (C=O) groups excluding carboxylic acids is 4. The molecule has 6 rings (SSSR count). The average Bonchev–Trinajstić information content (AvgIpc) is 3.32. The minimum atomic E-state index is -0.632. The number of ether oxygens (including phenoxy) is 1. The summed E-state index contributed by atoms with van der Waals surface area (Å²) < 4.78 is 20.4. The minimum Gasteiger partial charge on any atom is -0.456 e. The van der Waals surface area contributed by atoms with Crippen molar-refractivity contribution in [3.05, 3.63) is 58.9 Å². The first kappa shape index (κ1) is 31.0. The van der Waals surface area contributed by atoms with Crippen molar-refractivity contribution in [2.75, 3.05) is 55.6 Å². The number of esters is 1. The second kappa shape index (κ2) is 12.4. The maximum absolute atomic E-state index is 15.0. The molecular formula is C34H42FN5O5. The van der Waals surface area contributed by atoms with Crippen LogP contribution >= 0.6 is 0 Å². The molecule has 2 aromatic rings. The molecule has 4 aliphatic heterocycles. The van der Waals surface area contributed by atoms with Crippen LogP contribution in [0.3, 0.4) is 0 Å². The molecule has 0 unspecified atom stereocenters. The number of hydrogen-bond donors (Lipinski definition) is 1. The second-order valence-electron chi connectivity index (χ2n) is 13.6. The Bertz CT molecular complexity index is 1490. The van der Waals surface area contributed by atoms with Gasteiger partial charge in [0.25, 0.3) is 5.91 Å². The fraction of sp³-hybridized carbons (Fsp3) is 0.529. The van der Waals surface area contributed by atoms with Crippen molar-refractivity contribution in [3.63, 3.8) is 0 Å². The highest BCUT2D eigenvalue weighted by molar-refractivity contribution is 6.05. The van der Waals surface area contributed by atoms with E-state index in [0.29, 0.717) is 30.1 Å². The largest absolute Gasteiger partial charge is 0.456 e. The van der Waals surface area contributed by atoms with Crippen molar-refractivity contribution in [1.82, 2.24) is 15.1 Å². The summed E-state index contributed by atoms with van der Waals surface area (Å²) in [4.78, 5) is 57.8. The number of carbonyl (C=O) groups is 4. The number of amides is 3. The SMILES string of the molecule is CC(C)(C)OC(=O)c1ccc(N2CCC(CN3CCN(c4ccc5c(c4)CN([C@H]4CCC(=O)NC4=O)C5=O)CC3)CC2)c(F)c1. The van der Waals surface area contributed by atoms with Gasteiger partial charge >= 0.3 is 5.97 Å². The number of halogens is 1. The zero-order chi connectivity index (χ0) is 31.9. The standard InChI is InChI=1S/C34H42FN5O5/c1-34(2,3)45-33(44)23-4-7-28(27(35)19-23)39-12-10-22(11-13-39)20-37-14-16-38(17-15-37)25-5-6-26-24(18-25)21-40(32(26)43)29-8-9-30(41)36-31(29)42/h4-7,18-19,22,29H,8-17,20-21H2,1-3H3,(H,36,41,42)/t29-/m0/s1. The van der Waals surface area contributed by atoms with Gasteiger partial charge in [0.15, 0.2) is 0 Å². The summed E-state index contributed by atoms with van der Waals surface area (Å²) in [6.07, 6.45) is 2.57. The first-order valence-electron chi connectivity index (χ1n) is 16.0. The number of piperazine rings is 1. The van der Waals surface area contributed by atoms with Gasteiger partial charge in [-0.15, -0.1) is 0 Å². The predicted octanol–water partition coefficient (Wildman–Crippen LogP) is 3.58. The van der Waals surface area contributed by atoms with Crippen molar-refractivity contribution < 1.29 is 28.3 Å². The fourth-order valence-corrected chi connectivity index (χ4v) is 6.90. The van der Waals surface area contributed by atoms with E-state index in [-0.39, 0.29) is 23.8 Å². The van der Waals surface area contributed by atoms with Crippen LogP contribution in [0.4, 0.5) is 15.8 Å². The van der Waals surface area contributed by atoms with Gasteiger partial charge in [0.05, 0.1) is 11.3 Å². The Labute approximate surface area is 263 Å². The molecule has 240 valence electrons. The van der Waals surface area contributed by atoms with Gasteiger partial charge in [-0.1, -0.05) is 0 Å². The molecule has 0 bridgehead atoms. The highest BCUT2D eigenvalue weighted by atomic mass is 19.1. The molecule has 0 radical (unpaired) electrons. The zero-order valence-electron chi connectivity index (χ0n) is 26.3. The van der Waals surface area contributed by atoms with Gasteiger partial charge in [-0.05, 0) is 87.9 Å². The molecule has 1 N–H and O–H groups in total. The van der Waals surface area contributed by atoms with Crippen molar-refractivity contribution in [2.24, 2.45) is 5.92 Å². The van der Waals surface area contributed by atoms with E-state index in [1.165, 1.54) is 6.07 Å². The summed E-state index contributed by atoms with van der Waals surface area (Å²) in [6.45, 7) is 12.0. The third kappa shape index (κ3) is 6.83. The van der Waals surface area contributed by atoms with E-state index in [9.17, 15) is 23.6 Å². The monoisotopic (exact) mass is 619 g/mol. The van der Waals surface area contributed by atoms with Crippen LogP contribution in [0, 0.1) is 11.7 Å². The molecule has 0 aromatic heterocycles. The topological polar surface area (TPSA) is 102 Å². The third-order valence-electron chi connectivity index (χ3n) is 9.30. The molecule has 11 heteroatoms. The van der Waals surface area contributed by atoms with Crippen molar-refractivity contribution >= 4 is 35.1 Å². The Balaban J connectivity index is 0.974. The number of piperidine rings is 2. The number of anilines is 2. The van der Waals surface area contributed by atoms with Gasteiger partial charge in [-0.3, -0.25) is 24.6 Å². The quantitative estimate of drug-likeness (QED) is 0.387. The lowest BCUT2D eigenvalue weighted by molar-refractivity contribution is -0.136. The van der Waals surface area contributed by atoms with E-state index >= 15 is 0 Å². The molecule has 45 heavy (non-hydrogen) atoms. The summed E-state index contributed by atoms with van der Waals surface area (Å²) in [5, 5.41) is 2.36. The number of benzene rings is 2. The van der Waals surface area contributed by atoms with Crippen LogP contribution in [0.2, 0.25) is 0 Å². The van der Waals surface area contributed by atoms with E-state index in [1.807, 2.05) is 12.1 Å². The molecule has 4 aliphatic rings. The summed E-state index contributed by atoms with van der Waals surface area (Å²) in [7, 11) is 0. The molecule has 2 aromatic carbocycles.